The van der Waals surface area contributed by atoms with Crippen molar-refractivity contribution in [3.05, 3.63) is 65.2 Å². The molecule has 1 saturated carbocycles. The number of alkyl halides is 7. The van der Waals surface area contributed by atoms with Crippen LogP contribution in [0.3, 0.4) is 0 Å². The van der Waals surface area contributed by atoms with Gasteiger partial charge in [-0.25, -0.2) is 21.6 Å². The molecule has 1 heterocycles. The second kappa shape index (κ2) is 11.5. The number of rotatable bonds is 7. The second-order valence-electron chi connectivity index (χ2n) is 11.5. The molecule has 0 bridgehead atoms. The Labute approximate surface area is 252 Å². The zero-order valence-electron chi connectivity index (χ0n) is 23.6. The summed E-state index contributed by atoms with van der Waals surface area (Å²) in [6.45, 7) is 0.689. The van der Waals surface area contributed by atoms with Gasteiger partial charge in [-0.15, -0.1) is 0 Å². The van der Waals surface area contributed by atoms with Crippen molar-refractivity contribution in [1.82, 2.24) is 4.90 Å². The van der Waals surface area contributed by atoms with Crippen LogP contribution >= 0.6 is 0 Å². The van der Waals surface area contributed by atoms with Gasteiger partial charge in [-0.05, 0) is 74.4 Å². The first-order valence-electron chi connectivity index (χ1n) is 13.8. The van der Waals surface area contributed by atoms with E-state index in [4.69, 9.17) is 0 Å². The molecular formula is C29H28F9NO5S. The van der Waals surface area contributed by atoms with Crippen molar-refractivity contribution >= 4 is 21.7 Å². The van der Waals surface area contributed by atoms with E-state index in [1.54, 1.807) is 6.92 Å². The van der Waals surface area contributed by atoms with E-state index in [2.05, 4.69) is 0 Å². The monoisotopic (exact) mass is 673 g/mol. The summed E-state index contributed by atoms with van der Waals surface area (Å²) in [4.78, 5) is 26.0. The number of hydrogen-bond acceptors (Lipinski definition) is 4. The molecule has 2 fully saturated rings. The first-order chi connectivity index (χ1) is 20.7. The number of likely N-dealkylation sites (tertiary alicyclic amines) is 1. The summed E-state index contributed by atoms with van der Waals surface area (Å²) in [6.07, 6.45) is -12.9. The van der Waals surface area contributed by atoms with E-state index in [0.717, 1.165) is 29.2 Å². The van der Waals surface area contributed by atoms with Crippen molar-refractivity contribution in [3.8, 4) is 0 Å². The predicted octanol–water partition coefficient (Wildman–Crippen LogP) is 6.83. The average Bonchev–Trinajstić information content (AvgIpc) is 3.43. The highest BCUT2D eigenvalue weighted by Gasteiger charge is 2.74. The van der Waals surface area contributed by atoms with Crippen LogP contribution in [0.5, 0.6) is 0 Å². The van der Waals surface area contributed by atoms with Crippen molar-refractivity contribution in [2.24, 2.45) is 11.3 Å². The molecule has 1 N–H and O–H groups in total. The third-order valence-corrected chi connectivity index (χ3v) is 11.7. The summed E-state index contributed by atoms with van der Waals surface area (Å²) in [7, 11) is -4.78. The summed E-state index contributed by atoms with van der Waals surface area (Å²) in [5, 5.41) is 9.36. The van der Waals surface area contributed by atoms with Gasteiger partial charge in [-0.3, -0.25) is 9.59 Å². The zero-order chi connectivity index (χ0) is 33.8. The molecule has 1 aliphatic heterocycles. The SMILES string of the molecule is CCC1(C(=O)N2CCC(c3ccc(C(F)(C(F)(F)F)C(F)(F)F)c(F)c3)(S(=O)(=O)c3ccc(F)cc3)C2)CCC(C(=O)O)CC1. The largest absolute Gasteiger partial charge is 0.481 e. The number of sulfone groups is 1. The number of hydrogen-bond donors (Lipinski definition) is 1. The van der Waals surface area contributed by atoms with Crippen LogP contribution in [0.1, 0.15) is 56.6 Å². The quantitative estimate of drug-likeness (QED) is 0.257. The number of amides is 1. The second-order valence-corrected chi connectivity index (χ2v) is 13.8. The minimum atomic E-state index is -6.63. The lowest BCUT2D eigenvalue weighted by Gasteiger charge is -2.40. The zero-order valence-corrected chi connectivity index (χ0v) is 24.4. The molecule has 0 aromatic heterocycles. The predicted molar refractivity (Wildman–Crippen MR) is 140 cm³/mol. The molecule has 6 nitrogen and oxygen atoms in total. The maximum absolute atomic E-state index is 15.2. The third-order valence-electron chi connectivity index (χ3n) is 9.23. The Morgan fingerprint density at radius 3 is 1.93 bits per heavy atom. The minimum Gasteiger partial charge on any atom is -0.481 e. The first kappa shape index (κ1) is 34.6. The number of carboxylic acids is 1. The maximum Gasteiger partial charge on any atom is 0.436 e. The van der Waals surface area contributed by atoms with Crippen LogP contribution in [0.15, 0.2) is 47.4 Å². The van der Waals surface area contributed by atoms with Crippen molar-refractivity contribution in [2.45, 2.75) is 73.1 Å². The molecule has 2 aromatic carbocycles. The molecule has 2 aliphatic rings. The van der Waals surface area contributed by atoms with E-state index in [1.807, 2.05) is 0 Å². The Balaban J connectivity index is 1.83. The van der Waals surface area contributed by atoms with Crippen molar-refractivity contribution < 1.29 is 62.6 Å². The molecule has 1 aliphatic carbocycles. The number of carboxylic acid groups (broad SMARTS) is 1. The molecular weight excluding hydrogens is 645 g/mol. The molecule has 1 saturated heterocycles. The summed E-state index contributed by atoms with van der Waals surface area (Å²) < 4.78 is 150. The molecule has 2 aromatic rings. The van der Waals surface area contributed by atoms with Gasteiger partial charge in [-0.1, -0.05) is 19.1 Å². The number of benzene rings is 2. The molecule has 45 heavy (non-hydrogen) atoms. The van der Waals surface area contributed by atoms with Crippen LogP contribution in [0.2, 0.25) is 0 Å². The Hall–Kier alpha value is -3.30. The highest BCUT2D eigenvalue weighted by molar-refractivity contribution is 7.92. The van der Waals surface area contributed by atoms with Gasteiger partial charge in [-0.2, -0.15) is 26.3 Å². The number of nitrogens with zero attached hydrogens (tertiary/aromatic N) is 1. The number of carbonyl (C=O) groups excluding carboxylic acids is 1. The lowest BCUT2D eigenvalue weighted by molar-refractivity contribution is -0.349. The lowest BCUT2D eigenvalue weighted by atomic mass is 9.68. The van der Waals surface area contributed by atoms with Crippen molar-refractivity contribution in [1.29, 1.82) is 0 Å². The van der Waals surface area contributed by atoms with Gasteiger partial charge < -0.3 is 10.0 Å². The minimum absolute atomic E-state index is 0.0872. The number of carbonyl (C=O) groups is 2. The molecule has 1 amide bonds. The van der Waals surface area contributed by atoms with Gasteiger partial charge in [0.25, 0.3) is 0 Å². The highest BCUT2D eigenvalue weighted by atomic mass is 32.2. The first-order valence-corrected chi connectivity index (χ1v) is 15.3. The molecule has 248 valence electrons. The molecule has 1 unspecified atom stereocenters. The number of halogens is 9. The van der Waals surface area contributed by atoms with Gasteiger partial charge in [0, 0.05) is 24.1 Å². The van der Waals surface area contributed by atoms with Gasteiger partial charge in [0.15, 0.2) is 9.84 Å². The maximum atomic E-state index is 15.2. The van der Waals surface area contributed by atoms with Crippen molar-refractivity contribution in [2.75, 3.05) is 13.1 Å². The fourth-order valence-electron chi connectivity index (χ4n) is 6.42. The van der Waals surface area contributed by atoms with Crippen LogP contribution < -0.4 is 0 Å². The van der Waals surface area contributed by atoms with E-state index in [-0.39, 0.29) is 50.8 Å². The smallest absolute Gasteiger partial charge is 0.436 e. The molecule has 0 spiro atoms. The van der Waals surface area contributed by atoms with Gasteiger partial charge in [0.1, 0.15) is 16.4 Å². The summed E-state index contributed by atoms with van der Waals surface area (Å²) >= 11 is 0. The molecule has 16 heteroatoms. The molecule has 4 rings (SSSR count). The van der Waals surface area contributed by atoms with Crippen LogP contribution in [-0.2, 0) is 29.8 Å². The van der Waals surface area contributed by atoms with Crippen LogP contribution in [0, 0.1) is 23.0 Å². The van der Waals surface area contributed by atoms with Gasteiger partial charge in [0.2, 0.25) is 5.91 Å². The fourth-order valence-corrected chi connectivity index (χ4v) is 8.49. The summed E-state index contributed by atoms with van der Waals surface area (Å²) in [5.41, 5.74) is -10.3. The molecule has 1 atom stereocenters. The van der Waals surface area contributed by atoms with Gasteiger partial charge in [0.05, 0.1) is 10.8 Å². The van der Waals surface area contributed by atoms with E-state index in [9.17, 15) is 58.2 Å². The fraction of sp³-hybridized carbons (Fsp3) is 0.517. The van der Waals surface area contributed by atoms with E-state index < -0.39 is 96.4 Å². The lowest BCUT2D eigenvalue weighted by Crippen LogP contribution is -2.51. The topological polar surface area (TPSA) is 91.8 Å². The van der Waals surface area contributed by atoms with E-state index >= 15 is 4.39 Å². The molecule has 0 radical (unpaired) electrons. The normalized spacial score (nSPS) is 24.9. The third kappa shape index (κ3) is 5.56. The summed E-state index contributed by atoms with van der Waals surface area (Å²) in [6, 6.07) is 3.73. The average molecular weight is 674 g/mol. The Morgan fingerprint density at radius 1 is 0.911 bits per heavy atom. The van der Waals surface area contributed by atoms with Crippen LogP contribution in [0.4, 0.5) is 39.5 Å². The Kier molecular flexibility index (Phi) is 8.83. The van der Waals surface area contributed by atoms with Crippen LogP contribution in [0.25, 0.3) is 0 Å². The van der Waals surface area contributed by atoms with E-state index in [0.29, 0.717) is 6.07 Å². The highest BCUT2D eigenvalue weighted by Crippen LogP contribution is 2.55. The number of aliphatic carboxylic acids is 1. The van der Waals surface area contributed by atoms with Crippen LogP contribution in [-0.4, -0.2) is 55.7 Å². The Morgan fingerprint density at radius 2 is 1.47 bits per heavy atom. The van der Waals surface area contributed by atoms with Gasteiger partial charge >= 0.3 is 24.0 Å². The standard InChI is InChI=1S/C29H28F9NO5S/c1-2-25(11-9-17(10-12-25)23(40)41)24(42)39-14-13-26(16-39,45(43,44)20-6-4-19(30)5-7-20)18-3-8-21(22(31)15-18)27(32,28(33,34)35)29(36,37)38/h3-8,15,17H,2,9-14,16H2,1H3,(H,40,41). The Bertz CT molecular complexity index is 1550. The van der Waals surface area contributed by atoms with Crippen molar-refractivity contribution in [3.63, 3.8) is 0 Å². The summed E-state index contributed by atoms with van der Waals surface area (Å²) in [5.74, 6) is -5.41. The van der Waals surface area contributed by atoms with E-state index in [1.165, 1.54) is 0 Å².